The van der Waals surface area contributed by atoms with E-state index in [1.807, 2.05) is 0 Å². The van der Waals surface area contributed by atoms with Crippen LogP contribution in [0.3, 0.4) is 0 Å². The Hall–Kier alpha value is -0.610. The minimum Gasteiger partial charge on any atom is -0.481 e. The minimum absolute atomic E-state index is 0.153. The van der Waals surface area contributed by atoms with Crippen LogP contribution in [0, 0.1) is 11.3 Å². The summed E-state index contributed by atoms with van der Waals surface area (Å²) in [5.74, 6) is -0.804. The highest BCUT2D eigenvalue weighted by Crippen LogP contribution is 2.29. The van der Waals surface area contributed by atoms with Crippen molar-refractivity contribution in [2.75, 3.05) is 32.8 Å². The second-order valence-corrected chi connectivity index (χ2v) is 4.86. The van der Waals surface area contributed by atoms with Crippen molar-refractivity contribution in [2.24, 2.45) is 11.3 Å². The largest absolute Gasteiger partial charge is 0.481 e. The number of carbonyl (C=O) groups is 1. The third-order valence-electron chi connectivity index (χ3n) is 3.13. The summed E-state index contributed by atoms with van der Waals surface area (Å²) in [5, 5.41) is 8.85. The number of carboxylic acids is 1. The summed E-state index contributed by atoms with van der Waals surface area (Å²) in [5.41, 5.74) is 0.271. The Morgan fingerprint density at radius 1 is 1.64 bits per heavy atom. The number of hydrogen-bond donors (Lipinski definition) is 1. The highest BCUT2D eigenvalue weighted by atomic mass is 16.5. The second-order valence-electron chi connectivity index (χ2n) is 4.86. The van der Waals surface area contributed by atoms with E-state index in [1.165, 1.54) is 0 Å². The van der Waals surface area contributed by atoms with Gasteiger partial charge in [-0.1, -0.05) is 6.92 Å². The van der Waals surface area contributed by atoms with E-state index in [0.29, 0.717) is 6.54 Å². The van der Waals surface area contributed by atoms with Crippen LogP contribution in [0.2, 0.25) is 0 Å². The molecular formula is C10H17NO3. The van der Waals surface area contributed by atoms with Crippen LogP contribution < -0.4 is 0 Å². The van der Waals surface area contributed by atoms with Gasteiger partial charge in [0, 0.05) is 18.5 Å². The summed E-state index contributed by atoms with van der Waals surface area (Å²) in [6, 6.07) is 0. The molecule has 0 saturated carbocycles. The third kappa shape index (κ3) is 1.91. The number of rotatable bonds is 3. The molecule has 2 aliphatic rings. The average Bonchev–Trinajstić information content (AvgIpc) is 2.50. The lowest BCUT2D eigenvalue weighted by Crippen LogP contribution is -2.48. The molecule has 2 aliphatic heterocycles. The summed E-state index contributed by atoms with van der Waals surface area (Å²) in [6.45, 7) is 6.46. The van der Waals surface area contributed by atoms with Gasteiger partial charge in [0.2, 0.25) is 0 Å². The van der Waals surface area contributed by atoms with Crippen LogP contribution in [-0.2, 0) is 9.53 Å². The van der Waals surface area contributed by atoms with E-state index in [0.717, 1.165) is 32.7 Å². The summed E-state index contributed by atoms with van der Waals surface area (Å²) < 4.78 is 5.18. The standard InChI is InChI=1S/C10H17NO3/c1-10(6-14-7-10)5-11-3-2-8(4-11)9(12)13/h8H,2-7H2,1H3,(H,12,13). The average molecular weight is 199 g/mol. The smallest absolute Gasteiger partial charge is 0.307 e. The van der Waals surface area contributed by atoms with E-state index in [9.17, 15) is 4.79 Å². The molecule has 0 amide bonds. The van der Waals surface area contributed by atoms with Gasteiger partial charge in [-0.15, -0.1) is 0 Å². The molecule has 2 saturated heterocycles. The van der Waals surface area contributed by atoms with Gasteiger partial charge in [-0.25, -0.2) is 0 Å². The molecule has 2 heterocycles. The Labute approximate surface area is 83.8 Å². The number of hydrogen-bond acceptors (Lipinski definition) is 3. The predicted molar refractivity (Wildman–Crippen MR) is 51.1 cm³/mol. The highest BCUT2D eigenvalue weighted by Gasteiger charge is 2.38. The lowest BCUT2D eigenvalue weighted by Gasteiger charge is -2.40. The number of aliphatic carboxylic acids is 1. The van der Waals surface area contributed by atoms with E-state index in [1.54, 1.807) is 0 Å². The van der Waals surface area contributed by atoms with E-state index in [4.69, 9.17) is 9.84 Å². The normalized spacial score (nSPS) is 31.4. The van der Waals surface area contributed by atoms with Gasteiger partial charge in [0.15, 0.2) is 0 Å². The fourth-order valence-corrected chi connectivity index (χ4v) is 2.26. The van der Waals surface area contributed by atoms with Crippen LogP contribution >= 0.6 is 0 Å². The molecule has 2 rings (SSSR count). The molecule has 4 heteroatoms. The maximum Gasteiger partial charge on any atom is 0.307 e. The van der Waals surface area contributed by atoms with Crippen LogP contribution in [-0.4, -0.2) is 48.8 Å². The summed E-state index contributed by atoms with van der Waals surface area (Å²) in [7, 11) is 0. The van der Waals surface area contributed by atoms with Crippen molar-refractivity contribution in [1.82, 2.24) is 4.90 Å². The lowest BCUT2D eigenvalue weighted by atomic mass is 9.88. The molecule has 0 aliphatic carbocycles. The molecule has 0 aromatic heterocycles. The zero-order valence-corrected chi connectivity index (χ0v) is 8.53. The van der Waals surface area contributed by atoms with E-state index in [-0.39, 0.29) is 11.3 Å². The summed E-state index contributed by atoms with van der Waals surface area (Å²) in [6.07, 6.45) is 0.798. The monoisotopic (exact) mass is 199 g/mol. The van der Waals surface area contributed by atoms with Crippen molar-refractivity contribution < 1.29 is 14.6 Å². The fraction of sp³-hybridized carbons (Fsp3) is 0.900. The molecule has 80 valence electrons. The third-order valence-corrected chi connectivity index (χ3v) is 3.13. The molecule has 0 radical (unpaired) electrons. The molecule has 2 fully saturated rings. The first-order chi connectivity index (χ1) is 6.59. The van der Waals surface area contributed by atoms with Crippen molar-refractivity contribution in [3.8, 4) is 0 Å². The number of nitrogens with zero attached hydrogens (tertiary/aromatic N) is 1. The van der Waals surface area contributed by atoms with Crippen LogP contribution in [0.15, 0.2) is 0 Å². The van der Waals surface area contributed by atoms with Crippen molar-refractivity contribution in [2.45, 2.75) is 13.3 Å². The topological polar surface area (TPSA) is 49.8 Å². The molecule has 1 atom stereocenters. The SMILES string of the molecule is CC1(CN2CCC(C(=O)O)C2)COC1. The number of carboxylic acid groups (broad SMARTS) is 1. The highest BCUT2D eigenvalue weighted by molar-refractivity contribution is 5.70. The van der Waals surface area contributed by atoms with Crippen LogP contribution in [0.25, 0.3) is 0 Å². The maximum atomic E-state index is 10.7. The first-order valence-electron chi connectivity index (χ1n) is 5.12. The van der Waals surface area contributed by atoms with Crippen LogP contribution in [0.4, 0.5) is 0 Å². The first kappa shape index (κ1) is 9.93. The fourth-order valence-electron chi connectivity index (χ4n) is 2.26. The molecule has 0 spiro atoms. The van der Waals surface area contributed by atoms with Crippen LogP contribution in [0.5, 0.6) is 0 Å². The Morgan fingerprint density at radius 3 is 2.79 bits per heavy atom. The predicted octanol–water partition coefficient (Wildman–Crippen LogP) is 0.429. The molecular weight excluding hydrogens is 182 g/mol. The van der Waals surface area contributed by atoms with Crippen molar-refractivity contribution in [3.05, 3.63) is 0 Å². The summed E-state index contributed by atoms with van der Waals surface area (Å²) in [4.78, 5) is 13.0. The van der Waals surface area contributed by atoms with Gasteiger partial charge in [-0.05, 0) is 13.0 Å². The summed E-state index contributed by atoms with van der Waals surface area (Å²) >= 11 is 0. The second kappa shape index (κ2) is 3.51. The Bertz CT molecular complexity index is 238. The van der Waals surface area contributed by atoms with E-state index >= 15 is 0 Å². The molecule has 1 N–H and O–H groups in total. The Balaban J connectivity index is 1.81. The first-order valence-corrected chi connectivity index (χ1v) is 5.12. The minimum atomic E-state index is -0.650. The molecule has 14 heavy (non-hydrogen) atoms. The van der Waals surface area contributed by atoms with E-state index < -0.39 is 5.97 Å². The van der Waals surface area contributed by atoms with Gasteiger partial charge in [0.1, 0.15) is 0 Å². The van der Waals surface area contributed by atoms with Gasteiger partial charge in [0.05, 0.1) is 19.1 Å². The van der Waals surface area contributed by atoms with Crippen molar-refractivity contribution in [1.29, 1.82) is 0 Å². The van der Waals surface area contributed by atoms with Crippen molar-refractivity contribution in [3.63, 3.8) is 0 Å². The van der Waals surface area contributed by atoms with Gasteiger partial charge in [-0.3, -0.25) is 4.79 Å². The molecule has 4 nitrogen and oxygen atoms in total. The van der Waals surface area contributed by atoms with Gasteiger partial charge >= 0.3 is 5.97 Å². The molecule has 0 aromatic rings. The van der Waals surface area contributed by atoms with Gasteiger partial charge in [-0.2, -0.15) is 0 Å². The Kier molecular flexibility index (Phi) is 2.49. The zero-order valence-electron chi connectivity index (χ0n) is 8.53. The maximum absolute atomic E-state index is 10.7. The number of ether oxygens (including phenoxy) is 1. The molecule has 1 unspecified atom stereocenters. The van der Waals surface area contributed by atoms with Gasteiger partial charge < -0.3 is 14.7 Å². The van der Waals surface area contributed by atoms with Crippen LogP contribution in [0.1, 0.15) is 13.3 Å². The molecule has 0 bridgehead atoms. The van der Waals surface area contributed by atoms with E-state index in [2.05, 4.69) is 11.8 Å². The lowest BCUT2D eigenvalue weighted by molar-refractivity contribution is -0.141. The van der Waals surface area contributed by atoms with Gasteiger partial charge in [0.25, 0.3) is 0 Å². The quantitative estimate of drug-likeness (QED) is 0.716. The molecule has 0 aromatic carbocycles. The Morgan fingerprint density at radius 2 is 2.36 bits per heavy atom. The number of likely N-dealkylation sites (tertiary alicyclic amines) is 1. The van der Waals surface area contributed by atoms with Crippen molar-refractivity contribution >= 4 is 5.97 Å². The zero-order chi connectivity index (χ0) is 10.2.